The molecule has 3 atom stereocenters. The smallest absolute Gasteiger partial charge is 0.488 e. The molecule has 0 fully saturated rings. The Morgan fingerprint density at radius 1 is 0.587 bits per heavy atom. The summed E-state index contributed by atoms with van der Waals surface area (Å²) < 4.78 is 31.0. The molecule has 0 aromatic heterocycles. The third-order valence-corrected chi connectivity index (χ3v) is 12.4. The van der Waals surface area contributed by atoms with Crippen molar-refractivity contribution in [3.63, 3.8) is 0 Å². The zero-order chi connectivity index (χ0) is 57.4. The van der Waals surface area contributed by atoms with Gasteiger partial charge in [0.25, 0.3) is 0 Å². The Morgan fingerprint density at radius 3 is 1.48 bits per heavy atom. The first-order valence-corrected chi connectivity index (χ1v) is 27.0. The molecule has 0 saturated carbocycles. The predicted molar refractivity (Wildman–Crippen MR) is 294 cm³/mol. The highest BCUT2D eigenvalue weighted by molar-refractivity contribution is 6.58. The maximum absolute atomic E-state index is 12.2. The molecule has 0 amide bonds. The van der Waals surface area contributed by atoms with Crippen molar-refractivity contribution in [2.45, 2.75) is 192 Å². The second kappa shape index (κ2) is 41.9. The average Bonchev–Trinajstić information content (AvgIpc) is 3.39. The maximum Gasteiger partial charge on any atom is 0.488 e. The monoisotopic (exact) mass is 1060 g/mol. The van der Waals surface area contributed by atoms with Crippen LogP contribution in [0.4, 0.5) is 0 Å². The van der Waals surface area contributed by atoms with E-state index in [1.165, 1.54) is 89.0 Å². The summed E-state index contributed by atoms with van der Waals surface area (Å²) in [6.07, 6.45) is 16.5. The Kier molecular flexibility index (Phi) is 40.1. The fourth-order valence-corrected chi connectivity index (χ4v) is 5.51. The number of aliphatic hydroxyl groups excluding tert-OH is 1. The van der Waals surface area contributed by atoms with Crippen molar-refractivity contribution in [2.24, 2.45) is 22.7 Å². The molecule has 0 aliphatic heterocycles. The number of carbonyl (C=O) groups excluding carboxylic acids is 5. The number of hydrogen-bond donors (Lipinski definition) is 4. The molecule has 2 rings (SSSR count). The summed E-state index contributed by atoms with van der Waals surface area (Å²) in [6, 6.07) is 12.5. The van der Waals surface area contributed by atoms with Gasteiger partial charge >= 0.3 is 42.9 Å². The van der Waals surface area contributed by atoms with E-state index < -0.39 is 36.5 Å². The SMILES string of the molecule is C=C(C)C(=O)OCC(O)COC(=O)C(C)CC.CCC(C)(C)C(=O)O.CCC(C)C(=O)OCCCCOc1ccc(C(=O)Oc2ccc(B(O)O)cc2)cc1.CCCCCCCCCCCCOC(=O)C(C)(C)CC. The number of rotatable bonds is 33. The molecule has 16 nitrogen and oxygen atoms in total. The summed E-state index contributed by atoms with van der Waals surface area (Å²) in [5, 5.41) is 36.0. The Morgan fingerprint density at radius 2 is 1.03 bits per heavy atom. The Hall–Kier alpha value is -5.26. The van der Waals surface area contributed by atoms with Gasteiger partial charge in [-0.2, -0.15) is 0 Å². The van der Waals surface area contributed by atoms with Gasteiger partial charge in [0.1, 0.15) is 30.8 Å². The van der Waals surface area contributed by atoms with Gasteiger partial charge < -0.3 is 48.7 Å². The zero-order valence-corrected chi connectivity index (χ0v) is 47.7. The number of benzene rings is 2. The Bertz CT molecular complexity index is 1890. The van der Waals surface area contributed by atoms with Crippen molar-refractivity contribution in [3.8, 4) is 11.5 Å². The molecular weight excluding hydrogens is 963 g/mol. The van der Waals surface area contributed by atoms with Crippen LogP contribution in [0, 0.1) is 22.7 Å². The van der Waals surface area contributed by atoms with Gasteiger partial charge in [0.05, 0.1) is 48.0 Å². The van der Waals surface area contributed by atoms with E-state index in [1.54, 1.807) is 45.0 Å². The van der Waals surface area contributed by atoms with Crippen molar-refractivity contribution >= 4 is 48.4 Å². The lowest BCUT2D eigenvalue weighted by molar-refractivity contribution is -0.155. The quantitative estimate of drug-likeness (QED) is 0.0130. The molecular formula is C58H95BO16. The molecule has 75 heavy (non-hydrogen) atoms. The van der Waals surface area contributed by atoms with Gasteiger partial charge in [-0.3, -0.25) is 19.2 Å². The molecule has 426 valence electrons. The minimum absolute atomic E-state index is 0.0454. The van der Waals surface area contributed by atoms with Crippen molar-refractivity contribution in [3.05, 3.63) is 66.2 Å². The lowest BCUT2D eigenvalue weighted by Crippen LogP contribution is -2.29. The van der Waals surface area contributed by atoms with Crippen molar-refractivity contribution in [1.82, 2.24) is 0 Å². The van der Waals surface area contributed by atoms with Crippen LogP contribution in [0.5, 0.6) is 11.5 Å². The molecule has 17 heteroatoms. The lowest BCUT2D eigenvalue weighted by atomic mass is 9.80. The highest BCUT2D eigenvalue weighted by atomic mass is 16.6. The third kappa shape index (κ3) is 35.6. The van der Waals surface area contributed by atoms with Crippen LogP contribution >= 0.6 is 0 Å². The summed E-state index contributed by atoms with van der Waals surface area (Å²) >= 11 is 0. The number of unbranched alkanes of at least 4 members (excludes halogenated alkanes) is 10. The van der Waals surface area contributed by atoms with Gasteiger partial charge in [0.15, 0.2) is 0 Å². The molecule has 0 bridgehead atoms. The predicted octanol–water partition coefficient (Wildman–Crippen LogP) is 10.8. The molecule has 0 heterocycles. The molecule has 0 radical (unpaired) electrons. The summed E-state index contributed by atoms with van der Waals surface area (Å²) in [5.41, 5.74) is 0.0720. The van der Waals surface area contributed by atoms with Crippen LogP contribution in [0.15, 0.2) is 60.7 Å². The highest BCUT2D eigenvalue weighted by Crippen LogP contribution is 2.22. The normalized spacial score (nSPS) is 12.0. The standard InChI is InChI=1S/C22H27BO7.C18H36O2.C12H20O5.C6H12O2/c1-3-16(2)21(24)29-15-5-4-14-28-19-10-6-17(7-11-19)22(25)30-20-12-8-18(9-13-20)23(26)27;1-5-7-8-9-10-11-12-13-14-15-16-20-17(19)18(3,4)6-2;1-5-9(4)12(15)17-7-10(13)6-16-11(14)8(2)3;1-4-6(2,3)5(7)8/h6-13,16,26-27H,3-5,14-15H2,1-2H3;5-16H2,1-4H3;9-10,13H,2,5-7H2,1,3-4H3;4H2,1-3H3,(H,7,8). The third-order valence-electron chi connectivity index (χ3n) is 12.4. The van der Waals surface area contributed by atoms with E-state index in [0.717, 1.165) is 32.1 Å². The minimum Gasteiger partial charge on any atom is -0.494 e. The lowest BCUT2D eigenvalue weighted by Gasteiger charge is -2.20. The van der Waals surface area contributed by atoms with Gasteiger partial charge in [0, 0.05) is 5.57 Å². The van der Waals surface area contributed by atoms with Crippen LogP contribution in [0.2, 0.25) is 0 Å². The number of carboxylic acids is 1. The number of ether oxygens (including phenoxy) is 6. The van der Waals surface area contributed by atoms with Crippen LogP contribution < -0.4 is 14.9 Å². The number of hydrogen-bond acceptors (Lipinski definition) is 15. The van der Waals surface area contributed by atoms with Crippen molar-refractivity contribution in [2.75, 3.05) is 33.0 Å². The molecule has 0 saturated heterocycles. The van der Waals surface area contributed by atoms with Crippen LogP contribution in [-0.2, 0) is 42.9 Å². The van der Waals surface area contributed by atoms with Crippen molar-refractivity contribution < 1.29 is 77.4 Å². The van der Waals surface area contributed by atoms with Gasteiger partial charge in [-0.05, 0) is 121 Å². The highest BCUT2D eigenvalue weighted by Gasteiger charge is 2.27. The minimum atomic E-state index is -1.57. The molecule has 0 spiro atoms. The van der Waals surface area contributed by atoms with Gasteiger partial charge in [-0.25, -0.2) is 9.59 Å². The van der Waals surface area contributed by atoms with Crippen LogP contribution in [0.3, 0.4) is 0 Å². The number of carboxylic acid groups (broad SMARTS) is 1. The number of aliphatic hydroxyl groups is 1. The second-order valence-corrected chi connectivity index (χ2v) is 20.0. The van der Waals surface area contributed by atoms with Crippen LogP contribution in [-0.4, -0.2) is 102 Å². The molecule has 2 aromatic rings. The van der Waals surface area contributed by atoms with E-state index in [2.05, 4.69) is 13.5 Å². The van der Waals surface area contributed by atoms with Crippen LogP contribution in [0.1, 0.15) is 196 Å². The number of esters is 5. The first kappa shape index (κ1) is 71.8. The average molecular weight is 1060 g/mol. The summed E-state index contributed by atoms with van der Waals surface area (Å²) in [7, 11) is -1.57. The summed E-state index contributed by atoms with van der Waals surface area (Å²) in [6.45, 7) is 26.9. The van der Waals surface area contributed by atoms with Crippen molar-refractivity contribution in [1.29, 1.82) is 0 Å². The first-order valence-electron chi connectivity index (χ1n) is 27.0. The van der Waals surface area contributed by atoms with E-state index in [1.807, 2.05) is 48.5 Å². The second-order valence-electron chi connectivity index (χ2n) is 20.0. The van der Waals surface area contributed by atoms with Gasteiger partial charge in [0.2, 0.25) is 0 Å². The van der Waals surface area contributed by atoms with Gasteiger partial charge in [-0.15, -0.1) is 0 Å². The summed E-state index contributed by atoms with van der Waals surface area (Å²) in [5.74, 6) is -1.72. The molecule has 4 N–H and O–H groups in total. The number of carbonyl (C=O) groups is 6. The van der Waals surface area contributed by atoms with Crippen LogP contribution in [0.25, 0.3) is 0 Å². The Labute approximate surface area is 449 Å². The molecule has 0 aliphatic carbocycles. The van der Waals surface area contributed by atoms with E-state index in [4.69, 9.17) is 43.6 Å². The number of aliphatic carboxylic acids is 1. The Balaban J connectivity index is 0. The zero-order valence-electron chi connectivity index (χ0n) is 47.7. The maximum atomic E-state index is 12.2. The molecule has 3 unspecified atom stereocenters. The van der Waals surface area contributed by atoms with Gasteiger partial charge in [-0.1, -0.05) is 125 Å². The van der Waals surface area contributed by atoms with E-state index >= 15 is 0 Å². The molecule has 0 aliphatic rings. The fraction of sp³-hybridized carbons (Fsp3) is 0.655. The fourth-order valence-electron chi connectivity index (χ4n) is 5.51. The molecule has 2 aromatic carbocycles. The van der Waals surface area contributed by atoms with E-state index in [0.29, 0.717) is 55.2 Å². The largest absolute Gasteiger partial charge is 0.494 e. The summed E-state index contributed by atoms with van der Waals surface area (Å²) in [4.78, 5) is 68.0. The first-order chi connectivity index (χ1) is 35.3. The van der Waals surface area contributed by atoms with E-state index in [9.17, 15) is 33.9 Å². The topological polar surface area (TPSA) is 239 Å². The van der Waals surface area contributed by atoms with E-state index in [-0.39, 0.29) is 53.9 Å².